The van der Waals surface area contributed by atoms with Crippen LogP contribution in [0.25, 0.3) is 89.2 Å². The Labute approximate surface area is 308 Å². The van der Waals surface area contributed by atoms with Crippen molar-refractivity contribution in [3.8, 4) is 89.9 Å². The highest BCUT2D eigenvalue weighted by atomic mass is 16.5. The minimum absolute atomic E-state index is 0.701. The fourth-order valence-electron chi connectivity index (χ4n) is 7.36. The van der Waals surface area contributed by atoms with Gasteiger partial charge in [0.1, 0.15) is 11.5 Å². The van der Waals surface area contributed by atoms with Gasteiger partial charge in [-0.25, -0.2) is 9.97 Å². The molecule has 248 valence electrons. The number of ether oxygens (including phenoxy) is 1. The van der Waals surface area contributed by atoms with Gasteiger partial charge in [-0.3, -0.25) is 0 Å². The van der Waals surface area contributed by atoms with E-state index in [2.05, 4.69) is 164 Å². The van der Waals surface area contributed by atoms with Crippen LogP contribution in [0, 0.1) is 0 Å². The van der Waals surface area contributed by atoms with Crippen LogP contribution >= 0.6 is 0 Å². The van der Waals surface area contributed by atoms with Crippen LogP contribution < -0.4 is 4.74 Å². The Kier molecular flexibility index (Phi) is 7.47. The van der Waals surface area contributed by atoms with Crippen molar-refractivity contribution in [3.63, 3.8) is 0 Å². The van der Waals surface area contributed by atoms with Gasteiger partial charge in [0.15, 0.2) is 5.82 Å². The Morgan fingerprint density at radius 1 is 0.302 bits per heavy atom. The summed E-state index contributed by atoms with van der Waals surface area (Å²) in [4.78, 5) is 10.1. The van der Waals surface area contributed by atoms with E-state index in [1.807, 2.05) is 30.3 Å². The van der Waals surface area contributed by atoms with Crippen LogP contribution in [0.1, 0.15) is 0 Å². The summed E-state index contributed by atoms with van der Waals surface area (Å²) in [5.74, 6) is 2.49. The molecule has 10 rings (SSSR count). The molecule has 9 aromatic rings. The lowest BCUT2D eigenvalue weighted by Crippen LogP contribution is -1.97. The van der Waals surface area contributed by atoms with E-state index in [0.29, 0.717) is 5.82 Å². The Balaban J connectivity index is 0.974. The normalized spacial score (nSPS) is 11.5. The largest absolute Gasteiger partial charge is 0.456 e. The third-order valence-electron chi connectivity index (χ3n) is 10.1. The molecule has 8 aromatic carbocycles. The number of nitrogens with zero attached hydrogens (tertiary/aromatic N) is 2. The first-order chi connectivity index (χ1) is 26.2. The van der Waals surface area contributed by atoms with Crippen LogP contribution in [-0.4, -0.2) is 9.97 Å². The predicted molar refractivity (Wildman–Crippen MR) is 218 cm³/mol. The van der Waals surface area contributed by atoms with Crippen LogP contribution in [-0.2, 0) is 0 Å². The van der Waals surface area contributed by atoms with Gasteiger partial charge in [0.05, 0.1) is 11.4 Å². The molecule has 0 saturated heterocycles. The van der Waals surface area contributed by atoms with Gasteiger partial charge in [-0.15, -0.1) is 0 Å². The Bertz CT molecular complexity index is 2750. The van der Waals surface area contributed by atoms with E-state index in [1.165, 1.54) is 27.6 Å². The molecule has 0 atom stereocenters. The lowest BCUT2D eigenvalue weighted by atomic mass is 9.92. The molecule has 3 heteroatoms. The van der Waals surface area contributed by atoms with Gasteiger partial charge in [-0.05, 0) is 68.6 Å². The van der Waals surface area contributed by atoms with E-state index in [4.69, 9.17) is 14.7 Å². The molecular weight excluding hydrogens is 645 g/mol. The van der Waals surface area contributed by atoms with Gasteiger partial charge in [-0.2, -0.15) is 0 Å². The molecule has 0 spiro atoms. The molecule has 0 saturated carbocycles. The maximum Gasteiger partial charge on any atom is 0.160 e. The van der Waals surface area contributed by atoms with Crippen molar-refractivity contribution >= 4 is 10.8 Å². The van der Waals surface area contributed by atoms with Crippen LogP contribution in [0.5, 0.6) is 11.5 Å². The zero-order valence-electron chi connectivity index (χ0n) is 28.8. The van der Waals surface area contributed by atoms with E-state index in [0.717, 1.165) is 67.2 Å². The molecule has 0 amide bonds. The minimum atomic E-state index is 0.701. The van der Waals surface area contributed by atoms with E-state index < -0.39 is 0 Å². The Morgan fingerprint density at radius 3 is 1.36 bits per heavy atom. The molecule has 0 aliphatic carbocycles. The SMILES string of the molecule is c1ccc(-c2ccc(-c3ccc(-c4cc(-c5ccc(-c6ccc7c(c6)-c6cccc8cccc(c68)O7)cc5)nc(-c5ccccc5)n4)cc3)cc2)cc1. The third-order valence-corrected chi connectivity index (χ3v) is 10.1. The smallest absolute Gasteiger partial charge is 0.160 e. The van der Waals surface area contributed by atoms with Gasteiger partial charge in [-0.1, -0.05) is 170 Å². The fourth-order valence-corrected chi connectivity index (χ4v) is 7.36. The Hall–Kier alpha value is -7.10. The zero-order chi connectivity index (χ0) is 35.1. The molecule has 53 heavy (non-hydrogen) atoms. The second-order valence-corrected chi connectivity index (χ2v) is 13.4. The van der Waals surface area contributed by atoms with Crippen LogP contribution in [0.2, 0.25) is 0 Å². The number of fused-ring (bicyclic) bond motifs is 2. The summed E-state index contributed by atoms with van der Waals surface area (Å²) in [5, 5.41) is 2.35. The van der Waals surface area contributed by atoms with Crippen LogP contribution in [0.3, 0.4) is 0 Å². The molecule has 1 aliphatic heterocycles. The van der Waals surface area contributed by atoms with Gasteiger partial charge < -0.3 is 4.74 Å². The molecule has 2 heterocycles. The van der Waals surface area contributed by atoms with E-state index in [1.54, 1.807) is 0 Å². The Morgan fingerprint density at radius 2 is 0.774 bits per heavy atom. The molecule has 1 aromatic heterocycles. The lowest BCUT2D eigenvalue weighted by molar-refractivity contribution is 0.487. The molecule has 3 nitrogen and oxygen atoms in total. The van der Waals surface area contributed by atoms with Crippen molar-refractivity contribution in [1.29, 1.82) is 0 Å². The number of benzene rings is 8. The number of aromatic nitrogens is 2. The van der Waals surface area contributed by atoms with Crippen molar-refractivity contribution in [3.05, 3.63) is 194 Å². The predicted octanol–water partition coefficient (Wildman–Crippen LogP) is 13.4. The summed E-state index contributed by atoms with van der Waals surface area (Å²) >= 11 is 0. The fraction of sp³-hybridized carbons (Fsp3) is 0. The molecule has 0 bridgehead atoms. The average Bonchev–Trinajstić information content (AvgIpc) is 3.24. The van der Waals surface area contributed by atoms with Crippen molar-refractivity contribution in [2.24, 2.45) is 0 Å². The molecular formula is C50H32N2O. The summed E-state index contributed by atoms with van der Waals surface area (Å²) in [6, 6.07) is 68.0. The topological polar surface area (TPSA) is 35.0 Å². The van der Waals surface area contributed by atoms with E-state index in [-0.39, 0.29) is 0 Å². The summed E-state index contributed by atoms with van der Waals surface area (Å²) in [6.07, 6.45) is 0. The van der Waals surface area contributed by atoms with Crippen molar-refractivity contribution in [2.45, 2.75) is 0 Å². The van der Waals surface area contributed by atoms with Gasteiger partial charge >= 0.3 is 0 Å². The van der Waals surface area contributed by atoms with Gasteiger partial charge in [0.25, 0.3) is 0 Å². The molecule has 0 radical (unpaired) electrons. The highest BCUT2D eigenvalue weighted by Crippen LogP contribution is 2.47. The molecule has 0 N–H and O–H groups in total. The van der Waals surface area contributed by atoms with Gasteiger partial charge in [0.2, 0.25) is 0 Å². The lowest BCUT2D eigenvalue weighted by Gasteiger charge is -2.22. The minimum Gasteiger partial charge on any atom is -0.456 e. The monoisotopic (exact) mass is 676 g/mol. The first kappa shape index (κ1) is 30.7. The van der Waals surface area contributed by atoms with Crippen molar-refractivity contribution < 1.29 is 4.74 Å². The standard InChI is InChI=1S/C50H32N2O/c1-3-9-33(10-4-1)34-17-19-35(20-18-34)36-21-25-38(26-22-36)45-32-46(52-50(51-45)41-11-5-2-6-12-41)39-27-23-37(24-28-39)42-29-30-47-44(31-42)43-15-7-13-40-14-8-16-48(53-47)49(40)43/h1-32H. The second-order valence-electron chi connectivity index (χ2n) is 13.4. The quantitative estimate of drug-likeness (QED) is 0.176. The number of rotatable bonds is 6. The first-order valence-electron chi connectivity index (χ1n) is 17.9. The summed E-state index contributed by atoms with van der Waals surface area (Å²) in [5.41, 5.74) is 14.2. The molecule has 0 fully saturated rings. The highest BCUT2D eigenvalue weighted by Gasteiger charge is 2.20. The zero-order valence-corrected chi connectivity index (χ0v) is 28.8. The second kappa shape index (κ2) is 12.9. The summed E-state index contributed by atoms with van der Waals surface area (Å²) in [6.45, 7) is 0. The van der Waals surface area contributed by atoms with Gasteiger partial charge in [0, 0.05) is 27.6 Å². The number of hydrogen-bond donors (Lipinski definition) is 0. The number of hydrogen-bond acceptors (Lipinski definition) is 3. The maximum atomic E-state index is 6.35. The van der Waals surface area contributed by atoms with Crippen molar-refractivity contribution in [2.75, 3.05) is 0 Å². The van der Waals surface area contributed by atoms with Crippen molar-refractivity contribution in [1.82, 2.24) is 9.97 Å². The summed E-state index contributed by atoms with van der Waals surface area (Å²) in [7, 11) is 0. The third kappa shape index (κ3) is 5.75. The van der Waals surface area contributed by atoms with Crippen LogP contribution in [0.15, 0.2) is 194 Å². The maximum absolute atomic E-state index is 6.35. The van der Waals surface area contributed by atoms with E-state index >= 15 is 0 Å². The summed E-state index contributed by atoms with van der Waals surface area (Å²) < 4.78 is 6.35. The molecule has 1 aliphatic rings. The average molecular weight is 677 g/mol. The first-order valence-corrected chi connectivity index (χ1v) is 17.9. The highest BCUT2D eigenvalue weighted by molar-refractivity contribution is 6.04. The van der Waals surface area contributed by atoms with Crippen LogP contribution in [0.4, 0.5) is 0 Å². The molecule has 0 unspecified atom stereocenters. The van der Waals surface area contributed by atoms with E-state index in [9.17, 15) is 0 Å².